The predicted molar refractivity (Wildman–Crippen MR) is 122 cm³/mol. The summed E-state index contributed by atoms with van der Waals surface area (Å²) in [6.45, 7) is 0. The van der Waals surface area contributed by atoms with E-state index in [1.54, 1.807) is 60.7 Å². The molecule has 3 heterocycles. The van der Waals surface area contributed by atoms with E-state index in [2.05, 4.69) is 19.9 Å². The van der Waals surface area contributed by atoms with Crippen molar-refractivity contribution < 1.29 is 13.2 Å². The molecule has 0 spiro atoms. The Bertz CT molecular complexity index is 1490. The molecule has 2 N–H and O–H groups in total. The molecule has 5 aromatic rings. The van der Waals surface area contributed by atoms with Gasteiger partial charge in [-0.25, -0.2) is 15.0 Å². The first-order valence-corrected chi connectivity index (χ1v) is 10.3. The Hall–Kier alpha value is -3.78. The molecule has 33 heavy (non-hydrogen) atoms. The van der Waals surface area contributed by atoms with Crippen molar-refractivity contribution in [3.8, 4) is 11.3 Å². The smallest absolute Gasteiger partial charge is 0.382 e. The number of nitrogens with zero attached hydrogens (tertiary/aromatic N) is 4. The molecule has 0 aliphatic rings. The van der Waals surface area contributed by atoms with Crippen LogP contribution in [0.25, 0.3) is 33.2 Å². The molecular formula is C24H15ClF3N5. The lowest BCUT2D eigenvalue weighted by Crippen LogP contribution is -2.25. The number of fused-ring (bicyclic) bond motifs is 2. The number of nitrogen functional groups attached to an aromatic ring is 1. The molecule has 0 saturated heterocycles. The minimum absolute atomic E-state index is 0.0916. The summed E-state index contributed by atoms with van der Waals surface area (Å²) in [7, 11) is 0. The van der Waals surface area contributed by atoms with Gasteiger partial charge in [0.25, 0.3) is 0 Å². The second-order valence-corrected chi connectivity index (χ2v) is 7.82. The minimum atomic E-state index is -4.72. The maximum Gasteiger partial charge on any atom is 0.402 e. The quantitative estimate of drug-likeness (QED) is 0.345. The molecule has 0 radical (unpaired) electrons. The molecule has 0 amide bonds. The molecule has 3 aromatic heterocycles. The monoisotopic (exact) mass is 465 g/mol. The molecule has 0 bridgehead atoms. The fraction of sp³-hybridized carbons (Fsp3) is 0.0833. The first-order chi connectivity index (χ1) is 15.8. The average molecular weight is 466 g/mol. The van der Waals surface area contributed by atoms with Crippen molar-refractivity contribution in [3.63, 3.8) is 0 Å². The van der Waals surface area contributed by atoms with Crippen molar-refractivity contribution in [2.45, 2.75) is 12.1 Å². The van der Waals surface area contributed by atoms with Gasteiger partial charge in [-0.2, -0.15) is 13.2 Å². The highest BCUT2D eigenvalue weighted by Crippen LogP contribution is 2.44. The van der Waals surface area contributed by atoms with Crippen LogP contribution in [-0.4, -0.2) is 26.1 Å². The summed E-state index contributed by atoms with van der Waals surface area (Å²) in [6, 6.07) is 18.2. The van der Waals surface area contributed by atoms with E-state index in [1.807, 2.05) is 0 Å². The zero-order chi connectivity index (χ0) is 23.2. The predicted octanol–water partition coefficient (Wildman–Crippen LogP) is 6.17. The molecule has 164 valence electrons. The first kappa shape index (κ1) is 21.1. The first-order valence-electron chi connectivity index (χ1n) is 9.92. The van der Waals surface area contributed by atoms with Crippen molar-refractivity contribution in [3.05, 3.63) is 89.3 Å². The van der Waals surface area contributed by atoms with Gasteiger partial charge in [0.05, 0.1) is 21.7 Å². The molecule has 0 fully saturated rings. The molecule has 0 aliphatic heterocycles. The number of benzene rings is 2. The van der Waals surface area contributed by atoms with Crippen molar-refractivity contribution in [1.82, 2.24) is 19.9 Å². The summed E-state index contributed by atoms with van der Waals surface area (Å²) < 4.78 is 43.8. The molecule has 9 heteroatoms. The maximum atomic E-state index is 14.6. The minimum Gasteiger partial charge on any atom is -0.382 e. The van der Waals surface area contributed by atoms with Crippen LogP contribution in [0.4, 0.5) is 19.0 Å². The number of nitrogens with two attached hydrogens (primary N) is 1. The largest absolute Gasteiger partial charge is 0.402 e. The Morgan fingerprint density at radius 1 is 0.848 bits per heavy atom. The Morgan fingerprint density at radius 2 is 1.64 bits per heavy atom. The van der Waals surface area contributed by atoms with Gasteiger partial charge in [-0.05, 0) is 29.8 Å². The third-order valence-corrected chi connectivity index (χ3v) is 5.57. The topological polar surface area (TPSA) is 77.6 Å². The van der Waals surface area contributed by atoms with Gasteiger partial charge in [0, 0.05) is 17.1 Å². The van der Waals surface area contributed by atoms with Crippen LogP contribution in [0.2, 0.25) is 5.02 Å². The summed E-state index contributed by atoms with van der Waals surface area (Å²) in [6.07, 6.45) is -3.24. The number of halogens is 4. The van der Waals surface area contributed by atoms with Gasteiger partial charge in [0.15, 0.2) is 5.82 Å². The third kappa shape index (κ3) is 3.82. The lowest BCUT2D eigenvalue weighted by Gasteiger charge is -2.23. The molecular weight excluding hydrogens is 451 g/mol. The van der Waals surface area contributed by atoms with Gasteiger partial charge in [-0.1, -0.05) is 54.1 Å². The van der Waals surface area contributed by atoms with Crippen molar-refractivity contribution >= 4 is 39.4 Å². The highest BCUT2D eigenvalue weighted by molar-refractivity contribution is 6.35. The number of pyridine rings is 2. The molecule has 1 atom stereocenters. The SMILES string of the molecule is Nc1nc([C@@H](c2cc3cccc(Cl)c3nc2-c2ccccc2)C(F)(F)F)nc2cccnc12. The van der Waals surface area contributed by atoms with E-state index in [0.717, 1.165) is 0 Å². The van der Waals surface area contributed by atoms with Crippen molar-refractivity contribution in [1.29, 1.82) is 0 Å². The number of hydrogen-bond donors (Lipinski definition) is 1. The van der Waals surface area contributed by atoms with Gasteiger partial charge >= 0.3 is 6.18 Å². The summed E-state index contributed by atoms with van der Waals surface area (Å²) in [5.74, 6) is -2.76. The van der Waals surface area contributed by atoms with Crippen LogP contribution in [0.3, 0.4) is 0 Å². The summed E-state index contributed by atoms with van der Waals surface area (Å²) in [5, 5.41) is 0.818. The van der Waals surface area contributed by atoms with Gasteiger partial charge in [-0.15, -0.1) is 0 Å². The molecule has 0 aliphatic carbocycles. The Labute approximate surface area is 191 Å². The van der Waals surface area contributed by atoms with Crippen LogP contribution in [0, 0.1) is 0 Å². The zero-order valence-electron chi connectivity index (χ0n) is 16.9. The normalized spacial score (nSPS) is 12.8. The van der Waals surface area contributed by atoms with E-state index in [-0.39, 0.29) is 28.1 Å². The number of anilines is 1. The number of alkyl halides is 3. The Kier molecular flexibility index (Phi) is 5.09. The number of para-hydroxylation sites is 1. The maximum absolute atomic E-state index is 14.6. The highest BCUT2D eigenvalue weighted by Gasteiger charge is 2.46. The summed E-state index contributed by atoms with van der Waals surface area (Å²) in [4.78, 5) is 16.8. The van der Waals surface area contributed by atoms with E-state index in [4.69, 9.17) is 17.3 Å². The molecule has 5 rings (SSSR count). The van der Waals surface area contributed by atoms with Crippen molar-refractivity contribution in [2.24, 2.45) is 0 Å². The fourth-order valence-electron chi connectivity index (χ4n) is 3.83. The van der Waals surface area contributed by atoms with E-state index in [0.29, 0.717) is 21.5 Å². The number of rotatable bonds is 3. The third-order valence-electron chi connectivity index (χ3n) is 5.27. The molecule has 0 unspecified atom stereocenters. The van der Waals surface area contributed by atoms with Gasteiger partial charge in [0.2, 0.25) is 0 Å². The number of hydrogen-bond acceptors (Lipinski definition) is 5. The van der Waals surface area contributed by atoms with Crippen LogP contribution in [-0.2, 0) is 0 Å². The lowest BCUT2D eigenvalue weighted by atomic mass is 9.91. The average Bonchev–Trinajstić information content (AvgIpc) is 2.79. The van der Waals surface area contributed by atoms with E-state index < -0.39 is 17.9 Å². The van der Waals surface area contributed by atoms with Crippen LogP contribution in [0.15, 0.2) is 72.9 Å². The standard InChI is InChI=1S/C24H15ClF3N5/c25-16-9-4-8-14-12-15(19(32-20(14)16)13-6-2-1-3-7-13)18(24(26,27)28)23-31-17-10-5-11-30-21(17)22(29)33-23/h1-12,18H,(H2,29,31,33)/t18-/m1/s1. The van der Waals surface area contributed by atoms with Crippen LogP contribution in [0.1, 0.15) is 17.3 Å². The molecule has 5 nitrogen and oxygen atoms in total. The lowest BCUT2D eigenvalue weighted by molar-refractivity contribution is -0.142. The van der Waals surface area contributed by atoms with E-state index in [1.165, 1.54) is 12.3 Å². The number of aromatic nitrogens is 4. The van der Waals surface area contributed by atoms with Gasteiger partial charge in [0.1, 0.15) is 17.3 Å². The zero-order valence-corrected chi connectivity index (χ0v) is 17.6. The van der Waals surface area contributed by atoms with Crippen molar-refractivity contribution in [2.75, 3.05) is 5.73 Å². The highest BCUT2D eigenvalue weighted by atomic mass is 35.5. The van der Waals surface area contributed by atoms with Crippen LogP contribution >= 0.6 is 11.6 Å². The Morgan fingerprint density at radius 3 is 2.39 bits per heavy atom. The van der Waals surface area contributed by atoms with E-state index >= 15 is 0 Å². The molecule has 2 aromatic carbocycles. The second-order valence-electron chi connectivity index (χ2n) is 7.42. The molecule has 0 saturated carbocycles. The van der Waals surface area contributed by atoms with Crippen LogP contribution in [0.5, 0.6) is 0 Å². The Balaban J connectivity index is 1.84. The summed E-state index contributed by atoms with van der Waals surface area (Å²) in [5.41, 5.74) is 7.41. The van der Waals surface area contributed by atoms with E-state index in [9.17, 15) is 13.2 Å². The van der Waals surface area contributed by atoms with Gasteiger partial charge < -0.3 is 5.73 Å². The fourth-order valence-corrected chi connectivity index (χ4v) is 4.05. The summed E-state index contributed by atoms with van der Waals surface area (Å²) >= 11 is 6.31. The van der Waals surface area contributed by atoms with Gasteiger partial charge in [-0.3, -0.25) is 4.98 Å². The van der Waals surface area contributed by atoms with Crippen LogP contribution < -0.4 is 5.73 Å². The second kappa shape index (κ2) is 7.97.